The van der Waals surface area contributed by atoms with Crippen molar-refractivity contribution in [1.82, 2.24) is 10.2 Å². The summed E-state index contributed by atoms with van der Waals surface area (Å²) in [4.78, 5) is 14.9. The molecular weight excluding hydrogens is 326 g/mol. The van der Waals surface area contributed by atoms with Crippen LogP contribution in [0.4, 0.5) is 0 Å². The van der Waals surface area contributed by atoms with Crippen LogP contribution >= 0.6 is 0 Å². The van der Waals surface area contributed by atoms with E-state index in [1.54, 1.807) is 0 Å². The van der Waals surface area contributed by atoms with Crippen molar-refractivity contribution in [3.63, 3.8) is 0 Å². The summed E-state index contributed by atoms with van der Waals surface area (Å²) < 4.78 is 5.83. The molecule has 1 saturated heterocycles. The van der Waals surface area contributed by atoms with Crippen LogP contribution in [0.2, 0.25) is 0 Å². The van der Waals surface area contributed by atoms with E-state index in [0.29, 0.717) is 6.54 Å². The van der Waals surface area contributed by atoms with Crippen molar-refractivity contribution in [3.05, 3.63) is 29.8 Å². The molecule has 1 saturated carbocycles. The van der Waals surface area contributed by atoms with Gasteiger partial charge in [0.15, 0.2) is 0 Å². The number of likely N-dealkylation sites (tertiary alicyclic amines) is 1. The van der Waals surface area contributed by atoms with Crippen LogP contribution in [0.15, 0.2) is 24.3 Å². The fraction of sp³-hybridized carbons (Fsp3) is 0.667. The van der Waals surface area contributed by atoms with Crippen LogP contribution in [0.5, 0.6) is 5.75 Å². The highest BCUT2D eigenvalue weighted by Crippen LogP contribution is 2.31. The Hall–Kier alpha value is -1.59. The van der Waals surface area contributed by atoms with Crippen molar-refractivity contribution < 1.29 is 9.53 Å². The van der Waals surface area contributed by atoms with Crippen molar-refractivity contribution in [2.24, 2.45) is 11.7 Å². The fourth-order valence-corrected chi connectivity index (χ4v) is 4.10. The Morgan fingerprint density at radius 3 is 2.65 bits per heavy atom. The van der Waals surface area contributed by atoms with Crippen molar-refractivity contribution in [2.75, 3.05) is 26.2 Å². The first-order chi connectivity index (χ1) is 12.5. The Bertz CT molecular complexity index is 579. The highest BCUT2D eigenvalue weighted by molar-refractivity contribution is 5.80. The van der Waals surface area contributed by atoms with Crippen LogP contribution in [0.25, 0.3) is 0 Å². The van der Waals surface area contributed by atoms with E-state index in [-0.39, 0.29) is 17.4 Å². The van der Waals surface area contributed by atoms with Crippen LogP contribution in [0, 0.1) is 5.92 Å². The van der Waals surface area contributed by atoms with Crippen LogP contribution in [0.1, 0.15) is 51.0 Å². The second kappa shape index (κ2) is 8.87. The van der Waals surface area contributed by atoms with E-state index in [1.165, 1.54) is 25.9 Å². The Balaban J connectivity index is 1.41. The third-order valence-corrected chi connectivity index (χ3v) is 5.84. The van der Waals surface area contributed by atoms with Gasteiger partial charge in [-0.15, -0.1) is 0 Å². The van der Waals surface area contributed by atoms with Crippen molar-refractivity contribution in [1.29, 1.82) is 0 Å². The number of nitrogens with two attached hydrogens (primary N) is 1. The molecule has 1 amide bonds. The number of hydrogen-bond acceptors (Lipinski definition) is 4. The molecule has 0 bridgehead atoms. The third-order valence-electron chi connectivity index (χ3n) is 5.84. The number of benzene rings is 1. The van der Waals surface area contributed by atoms with Gasteiger partial charge >= 0.3 is 0 Å². The zero-order valence-electron chi connectivity index (χ0n) is 16.0. The van der Waals surface area contributed by atoms with Gasteiger partial charge in [0.1, 0.15) is 12.4 Å². The summed E-state index contributed by atoms with van der Waals surface area (Å²) in [5.41, 5.74) is 7.03. The molecule has 0 spiro atoms. The minimum Gasteiger partial charge on any atom is -0.492 e. The first kappa shape index (κ1) is 19.2. The number of carbonyl (C=O) groups is 1. The molecule has 144 valence electrons. The maximum absolute atomic E-state index is 12.5. The Morgan fingerprint density at radius 2 is 1.96 bits per heavy atom. The number of ether oxygens (including phenoxy) is 1. The largest absolute Gasteiger partial charge is 0.492 e. The number of hydrogen-bond donors (Lipinski definition) is 2. The average molecular weight is 360 g/mol. The second-order valence-electron chi connectivity index (χ2n) is 8.06. The number of carbonyl (C=O) groups excluding carboxylic acids is 1. The predicted molar refractivity (Wildman–Crippen MR) is 104 cm³/mol. The van der Waals surface area contributed by atoms with Crippen molar-refractivity contribution in [2.45, 2.75) is 57.5 Å². The molecule has 0 aromatic heterocycles. The van der Waals surface area contributed by atoms with Crippen LogP contribution in [0.3, 0.4) is 0 Å². The monoisotopic (exact) mass is 359 g/mol. The second-order valence-corrected chi connectivity index (χ2v) is 8.06. The quantitative estimate of drug-likeness (QED) is 0.785. The maximum Gasteiger partial charge on any atom is 0.225 e. The molecule has 1 heterocycles. The number of nitrogens with one attached hydrogen (secondary N) is 1. The lowest BCUT2D eigenvalue weighted by Gasteiger charge is -2.37. The van der Waals surface area contributed by atoms with Gasteiger partial charge in [-0.1, -0.05) is 25.0 Å². The zero-order valence-corrected chi connectivity index (χ0v) is 16.0. The van der Waals surface area contributed by atoms with Crippen LogP contribution < -0.4 is 15.8 Å². The van der Waals surface area contributed by atoms with Gasteiger partial charge in [-0.3, -0.25) is 9.69 Å². The lowest BCUT2D eigenvalue weighted by Crippen LogP contribution is -2.52. The highest BCUT2D eigenvalue weighted by atomic mass is 16.5. The molecule has 1 aliphatic carbocycles. The molecular formula is C21H33N3O2. The molecule has 3 rings (SSSR count). The Kier molecular flexibility index (Phi) is 6.54. The van der Waals surface area contributed by atoms with Crippen LogP contribution in [-0.4, -0.2) is 42.6 Å². The summed E-state index contributed by atoms with van der Waals surface area (Å²) in [6.45, 7) is 6.67. The normalized spacial score (nSPS) is 26.6. The molecule has 1 aromatic rings. The Morgan fingerprint density at radius 1 is 1.23 bits per heavy atom. The number of rotatable bonds is 7. The van der Waals surface area contributed by atoms with Gasteiger partial charge in [-0.25, -0.2) is 0 Å². The summed E-state index contributed by atoms with van der Waals surface area (Å²) in [5.74, 6) is 0.895. The lowest BCUT2D eigenvalue weighted by atomic mass is 9.74. The fourth-order valence-electron chi connectivity index (χ4n) is 4.10. The van der Waals surface area contributed by atoms with Gasteiger partial charge < -0.3 is 15.8 Å². The molecule has 2 fully saturated rings. The van der Waals surface area contributed by atoms with E-state index < -0.39 is 0 Å². The summed E-state index contributed by atoms with van der Waals surface area (Å²) in [6.07, 6.45) is 6.65. The van der Waals surface area contributed by atoms with E-state index in [0.717, 1.165) is 50.1 Å². The Labute approximate surface area is 157 Å². The van der Waals surface area contributed by atoms with E-state index in [1.807, 2.05) is 31.2 Å². The topological polar surface area (TPSA) is 67.6 Å². The first-order valence-corrected chi connectivity index (χ1v) is 10.1. The maximum atomic E-state index is 12.5. The molecule has 5 heteroatoms. The van der Waals surface area contributed by atoms with E-state index >= 15 is 0 Å². The molecule has 2 atom stereocenters. The summed E-state index contributed by atoms with van der Waals surface area (Å²) in [7, 11) is 0. The smallest absolute Gasteiger partial charge is 0.225 e. The molecule has 26 heavy (non-hydrogen) atoms. The average Bonchev–Trinajstić information content (AvgIpc) is 3.14. The molecule has 2 unspecified atom stereocenters. The molecule has 3 N–H and O–H groups in total. The third kappa shape index (κ3) is 5.21. The van der Waals surface area contributed by atoms with E-state index in [9.17, 15) is 4.79 Å². The summed E-state index contributed by atoms with van der Waals surface area (Å²) >= 11 is 0. The molecule has 5 nitrogen and oxygen atoms in total. The predicted octanol–water partition coefficient (Wildman–Crippen LogP) is 2.69. The summed E-state index contributed by atoms with van der Waals surface area (Å²) in [6, 6.07) is 8.01. The number of amides is 1. The van der Waals surface area contributed by atoms with Gasteiger partial charge in [-0.05, 0) is 63.4 Å². The highest BCUT2D eigenvalue weighted by Gasteiger charge is 2.37. The number of nitrogens with zero attached hydrogens (tertiary/aromatic N) is 1. The van der Waals surface area contributed by atoms with Crippen molar-refractivity contribution >= 4 is 5.91 Å². The lowest BCUT2D eigenvalue weighted by molar-refractivity contribution is -0.128. The first-order valence-electron chi connectivity index (χ1n) is 10.1. The summed E-state index contributed by atoms with van der Waals surface area (Å²) in [5, 5.41) is 3.06. The molecule has 2 aliphatic rings. The van der Waals surface area contributed by atoms with Crippen molar-refractivity contribution in [3.8, 4) is 5.75 Å². The zero-order chi connectivity index (χ0) is 18.4. The molecule has 1 aromatic carbocycles. The van der Waals surface area contributed by atoms with E-state index in [2.05, 4.69) is 10.2 Å². The minimum atomic E-state index is -0.380. The van der Waals surface area contributed by atoms with E-state index in [4.69, 9.17) is 10.5 Å². The molecule has 1 aliphatic heterocycles. The van der Waals surface area contributed by atoms with Crippen LogP contribution in [-0.2, 0) is 11.3 Å². The molecule has 0 radical (unpaired) electrons. The van der Waals surface area contributed by atoms with Gasteiger partial charge in [0.05, 0.1) is 5.92 Å². The van der Waals surface area contributed by atoms with Gasteiger partial charge in [0.25, 0.3) is 0 Å². The van der Waals surface area contributed by atoms with Gasteiger partial charge in [-0.2, -0.15) is 0 Å². The SMILES string of the molecule is CC1(N)CCCCC1C(=O)NCc1ccc(OCCN2CCCC2)cc1. The van der Waals surface area contributed by atoms with Gasteiger partial charge in [0.2, 0.25) is 5.91 Å². The standard InChI is InChI=1S/C21H33N3O2/c1-21(22)11-3-2-6-19(21)20(25)23-16-17-7-9-18(10-8-17)26-15-14-24-12-4-5-13-24/h7-10,19H,2-6,11-16,22H2,1H3,(H,23,25). The van der Waals surface area contributed by atoms with Gasteiger partial charge in [0, 0.05) is 18.6 Å². The minimum absolute atomic E-state index is 0.0792.